The monoisotopic (exact) mass is 403 g/mol. The molecule has 4 nitrogen and oxygen atoms in total. The third kappa shape index (κ3) is 3.70. The second-order valence-electron chi connectivity index (χ2n) is 5.87. The van der Waals surface area contributed by atoms with E-state index in [4.69, 9.17) is 11.6 Å². The summed E-state index contributed by atoms with van der Waals surface area (Å²) >= 11 is 7.33. The first kappa shape index (κ1) is 17.6. The Labute approximate surface area is 162 Å². The molecule has 27 heavy (non-hydrogen) atoms. The summed E-state index contributed by atoms with van der Waals surface area (Å²) in [7, 11) is 0. The van der Waals surface area contributed by atoms with E-state index in [1.807, 2.05) is 28.1 Å². The summed E-state index contributed by atoms with van der Waals surface area (Å²) < 4.78 is 28.1. The number of benzene rings is 2. The van der Waals surface area contributed by atoms with E-state index in [2.05, 4.69) is 10.3 Å². The van der Waals surface area contributed by atoms with Gasteiger partial charge in [0.05, 0.1) is 12.1 Å². The van der Waals surface area contributed by atoms with Crippen molar-refractivity contribution in [2.45, 2.75) is 6.42 Å². The van der Waals surface area contributed by atoms with Crippen molar-refractivity contribution in [2.24, 2.45) is 0 Å². The van der Waals surface area contributed by atoms with Gasteiger partial charge in [0.2, 0.25) is 5.91 Å². The molecule has 8 heteroatoms. The Hall–Kier alpha value is -2.77. The molecule has 1 amide bonds. The average molecular weight is 404 g/mol. The maximum atomic E-state index is 13.3. The van der Waals surface area contributed by atoms with Gasteiger partial charge >= 0.3 is 0 Å². The topological polar surface area (TPSA) is 46.4 Å². The number of carbonyl (C=O) groups excluding carboxylic acids is 1. The van der Waals surface area contributed by atoms with Crippen LogP contribution in [0.15, 0.2) is 54.0 Å². The number of thiazole rings is 1. The maximum absolute atomic E-state index is 13.3. The van der Waals surface area contributed by atoms with Crippen LogP contribution < -0.4 is 5.32 Å². The average Bonchev–Trinajstić information content (AvgIpc) is 3.21. The zero-order valence-corrected chi connectivity index (χ0v) is 15.3. The number of aromatic nitrogens is 2. The Morgan fingerprint density at radius 2 is 1.93 bits per heavy atom. The highest BCUT2D eigenvalue weighted by Crippen LogP contribution is 2.25. The zero-order chi connectivity index (χ0) is 19.0. The fourth-order valence-corrected chi connectivity index (χ4v) is 3.66. The smallest absolute Gasteiger partial charge is 0.230 e. The van der Waals surface area contributed by atoms with Gasteiger partial charge in [-0.15, -0.1) is 11.3 Å². The van der Waals surface area contributed by atoms with E-state index in [9.17, 15) is 13.6 Å². The molecule has 0 saturated carbocycles. The van der Waals surface area contributed by atoms with Gasteiger partial charge in [0.25, 0.3) is 0 Å². The maximum Gasteiger partial charge on any atom is 0.230 e. The van der Waals surface area contributed by atoms with Crippen molar-refractivity contribution in [3.05, 3.63) is 76.4 Å². The molecule has 0 saturated heterocycles. The van der Waals surface area contributed by atoms with Gasteiger partial charge in [-0.3, -0.25) is 9.20 Å². The second-order valence-corrected chi connectivity index (χ2v) is 7.14. The first-order valence-corrected chi connectivity index (χ1v) is 9.21. The largest absolute Gasteiger partial charge is 0.326 e. The number of imidazole rings is 1. The first-order valence-electron chi connectivity index (χ1n) is 7.96. The Morgan fingerprint density at radius 1 is 1.15 bits per heavy atom. The van der Waals surface area contributed by atoms with Crippen LogP contribution >= 0.6 is 22.9 Å². The van der Waals surface area contributed by atoms with Crippen LogP contribution in [-0.4, -0.2) is 15.3 Å². The molecule has 0 unspecified atom stereocenters. The van der Waals surface area contributed by atoms with E-state index >= 15 is 0 Å². The summed E-state index contributed by atoms with van der Waals surface area (Å²) in [6, 6.07) is 10.6. The molecule has 136 valence electrons. The number of carbonyl (C=O) groups is 1. The van der Waals surface area contributed by atoms with Crippen LogP contribution in [0.25, 0.3) is 16.2 Å². The highest BCUT2D eigenvalue weighted by atomic mass is 35.5. The summed E-state index contributed by atoms with van der Waals surface area (Å²) in [5.74, 6) is -2.30. The molecular formula is C19H12ClF2N3OS. The van der Waals surface area contributed by atoms with E-state index in [-0.39, 0.29) is 18.0 Å². The minimum absolute atomic E-state index is 0.0788. The lowest BCUT2D eigenvalue weighted by atomic mass is 10.2. The fourth-order valence-electron chi connectivity index (χ4n) is 2.66. The van der Waals surface area contributed by atoms with Crippen LogP contribution in [-0.2, 0) is 11.2 Å². The number of anilines is 1. The van der Waals surface area contributed by atoms with Crippen LogP contribution in [0, 0.1) is 11.6 Å². The van der Waals surface area contributed by atoms with Crippen molar-refractivity contribution in [2.75, 3.05) is 5.32 Å². The van der Waals surface area contributed by atoms with Crippen molar-refractivity contribution >= 4 is 39.5 Å². The van der Waals surface area contributed by atoms with Gasteiger partial charge in [0, 0.05) is 39.6 Å². The molecule has 0 aliphatic heterocycles. The summed E-state index contributed by atoms with van der Waals surface area (Å²) in [6.07, 6.45) is 1.94. The molecule has 4 aromatic rings. The Bertz CT molecular complexity index is 1140. The van der Waals surface area contributed by atoms with Crippen LogP contribution in [0.2, 0.25) is 5.02 Å². The minimum Gasteiger partial charge on any atom is -0.326 e. The van der Waals surface area contributed by atoms with Gasteiger partial charge < -0.3 is 5.32 Å². The van der Waals surface area contributed by atoms with Crippen molar-refractivity contribution in [1.29, 1.82) is 0 Å². The lowest BCUT2D eigenvalue weighted by Crippen LogP contribution is -2.15. The summed E-state index contributed by atoms with van der Waals surface area (Å²) in [4.78, 5) is 17.6. The van der Waals surface area contributed by atoms with E-state index in [0.717, 1.165) is 34.0 Å². The van der Waals surface area contributed by atoms with Crippen LogP contribution in [0.4, 0.5) is 14.5 Å². The molecule has 4 rings (SSSR count). The Kier molecular flexibility index (Phi) is 4.63. The molecule has 0 spiro atoms. The van der Waals surface area contributed by atoms with Gasteiger partial charge in [-0.1, -0.05) is 23.7 Å². The molecule has 0 atom stereocenters. The van der Waals surface area contributed by atoms with Gasteiger partial charge in [-0.2, -0.15) is 0 Å². The number of halogens is 3. The predicted octanol–water partition coefficient (Wildman–Crippen LogP) is 5.18. The minimum atomic E-state index is -1.01. The molecule has 0 aliphatic rings. The van der Waals surface area contributed by atoms with Crippen LogP contribution in [0.1, 0.15) is 5.69 Å². The summed E-state index contributed by atoms with van der Waals surface area (Å²) in [5, 5.41) is 5.06. The molecule has 0 bridgehead atoms. The van der Waals surface area contributed by atoms with E-state index in [1.165, 1.54) is 17.4 Å². The fraction of sp³-hybridized carbons (Fsp3) is 0.0526. The van der Waals surface area contributed by atoms with E-state index < -0.39 is 11.6 Å². The van der Waals surface area contributed by atoms with Gasteiger partial charge in [-0.05, 0) is 24.3 Å². The van der Waals surface area contributed by atoms with Crippen LogP contribution in [0.5, 0.6) is 0 Å². The number of nitrogens with zero attached hydrogens (tertiary/aromatic N) is 2. The molecule has 2 heterocycles. The third-order valence-corrected chi connectivity index (χ3v) is 5.11. The number of hydrogen-bond donors (Lipinski definition) is 1. The van der Waals surface area contributed by atoms with Crippen molar-refractivity contribution < 1.29 is 13.6 Å². The second kappa shape index (κ2) is 7.09. The number of nitrogens with one attached hydrogen (secondary N) is 1. The summed E-state index contributed by atoms with van der Waals surface area (Å²) in [6.45, 7) is 0. The highest BCUT2D eigenvalue weighted by Gasteiger charge is 2.13. The molecule has 2 aromatic carbocycles. The van der Waals surface area contributed by atoms with E-state index in [0.29, 0.717) is 5.02 Å². The van der Waals surface area contributed by atoms with Gasteiger partial charge in [0.15, 0.2) is 16.6 Å². The Balaban J connectivity index is 1.54. The molecule has 1 N–H and O–H groups in total. The zero-order valence-electron chi connectivity index (χ0n) is 13.7. The first-order chi connectivity index (χ1) is 13.0. The number of hydrogen-bond acceptors (Lipinski definition) is 3. The van der Waals surface area contributed by atoms with E-state index in [1.54, 1.807) is 12.1 Å². The SMILES string of the molecule is O=C(Cc1csc2nc(-c3ccc(Cl)cc3)cn12)Nc1ccc(F)c(F)c1. The number of rotatable bonds is 4. The molecular weight excluding hydrogens is 392 g/mol. The van der Waals surface area contributed by atoms with Crippen molar-refractivity contribution in [3.8, 4) is 11.3 Å². The lowest BCUT2D eigenvalue weighted by molar-refractivity contribution is -0.115. The standard InChI is InChI=1S/C19H12ClF2N3OS/c20-12-3-1-11(2-4-12)17-9-25-14(10-27-19(25)24-17)8-18(26)23-13-5-6-15(21)16(22)7-13/h1-7,9-10H,8H2,(H,23,26). The van der Waals surface area contributed by atoms with Gasteiger partial charge in [-0.25, -0.2) is 13.8 Å². The molecule has 0 fully saturated rings. The normalized spacial score (nSPS) is 11.1. The van der Waals surface area contributed by atoms with Crippen molar-refractivity contribution in [1.82, 2.24) is 9.38 Å². The third-order valence-electron chi connectivity index (χ3n) is 3.97. The van der Waals surface area contributed by atoms with Crippen molar-refractivity contribution in [3.63, 3.8) is 0 Å². The summed E-state index contributed by atoms with van der Waals surface area (Å²) in [5.41, 5.74) is 2.66. The molecule has 0 aliphatic carbocycles. The molecule has 0 radical (unpaired) electrons. The number of amides is 1. The van der Waals surface area contributed by atoms with Gasteiger partial charge in [0.1, 0.15) is 0 Å². The molecule has 2 aromatic heterocycles. The number of fused-ring (bicyclic) bond motifs is 1. The lowest BCUT2D eigenvalue weighted by Gasteiger charge is -2.05. The predicted molar refractivity (Wildman–Crippen MR) is 102 cm³/mol. The Morgan fingerprint density at radius 3 is 2.67 bits per heavy atom. The van der Waals surface area contributed by atoms with Crippen LogP contribution in [0.3, 0.4) is 0 Å². The highest BCUT2D eigenvalue weighted by molar-refractivity contribution is 7.15. The quantitative estimate of drug-likeness (QED) is 0.510.